The Labute approximate surface area is 114 Å². The standard InChI is InChI=1S/C17H20N2/c18-17(15-7-2-1-3-8-15)13-19-11-10-14-6-4-5-9-16(14)12-19/h1-9,17H,10-13,18H2/t17-/m1/s1. The van der Waals surface area contributed by atoms with Crippen LogP contribution in [0, 0.1) is 0 Å². The first-order valence-electron chi connectivity index (χ1n) is 6.92. The van der Waals surface area contributed by atoms with Crippen molar-refractivity contribution in [1.29, 1.82) is 0 Å². The van der Waals surface area contributed by atoms with Crippen LogP contribution >= 0.6 is 0 Å². The van der Waals surface area contributed by atoms with Gasteiger partial charge in [-0.15, -0.1) is 0 Å². The lowest BCUT2D eigenvalue weighted by atomic mass is 9.99. The van der Waals surface area contributed by atoms with Crippen molar-refractivity contribution in [3.8, 4) is 0 Å². The maximum Gasteiger partial charge on any atom is 0.0424 e. The lowest BCUT2D eigenvalue weighted by Gasteiger charge is -2.30. The van der Waals surface area contributed by atoms with Crippen molar-refractivity contribution in [2.45, 2.75) is 19.0 Å². The van der Waals surface area contributed by atoms with Crippen LogP contribution in [0.2, 0.25) is 0 Å². The molecule has 1 atom stereocenters. The van der Waals surface area contributed by atoms with Gasteiger partial charge in [-0.3, -0.25) is 4.90 Å². The van der Waals surface area contributed by atoms with E-state index in [1.165, 1.54) is 16.7 Å². The maximum atomic E-state index is 6.30. The van der Waals surface area contributed by atoms with Gasteiger partial charge in [0.25, 0.3) is 0 Å². The van der Waals surface area contributed by atoms with Crippen molar-refractivity contribution in [3.05, 3.63) is 71.3 Å². The molecular formula is C17H20N2. The van der Waals surface area contributed by atoms with Crippen LogP contribution in [0.1, 0.15) is 22.7 Å². The molecule has 0 spiro atoms. The first-order valence-corrected chi connectivity index (χ1v) is 6.92. The van der Waals surface area contributed by atoms with Crippen molar-refractivity contribution < 1.29 is 0 Å². The monoisotopic (exact) mass is 252 g/mol. The Morgan fingerprint density at radius 2 is 1.63 bits per heavy atom. The van der Waals surface area contributed by atoms with Gasteiger partial charge in [-0.2, -0.15) is 0 Å². The number of hydrogen-bond donors (Lipinski definition) is 1. The molecule has 2 aromatic carbocycles. The minimum absolute atomic E-state index is 0.103. The quantitative estimate of drug-likeness (QED) is 0.910. The molecule has 2 aromatic rings. The Kier molecular flexibility index (Phi) is 3.62. The van der Waals surface area contributed by atoms with Gasteiger partial charge in [-0.25, -0.2) is 0 Å². The zero-order valence-electron chi connectivity index (χ0n) is 11.1. The van der Waals surface area contributed by atoms with Crippen molar-refractivity contribution >= 4 is 0 Å². The fourth-order valence-corrected chi connectivity index (χ4v) is 2.79. The van der Waals surface area contributed by atoms with Crippen LogP contribution in [0.5, 0.6) is 0 Å². The van der Waals surface area contributed by atoms with Gasteiger partial charge in [-0.05, 0) is 23.1 Å². The molecule has 2 nitrogen and oxygen atoms in total. The molecular weight excluding hydrogens is 232 g/mol. The van der Waals surface area contributed by atoms with Crippen LogP contribution in [-0.2, 0) is 13.0 Å². The number of nitrogens with two attached hydrogens (primary N) is 1. The summed E-state index contributed by atoms with van der Waals surface area (Å²) in [5, 5.41) is 0. The van der Waals surface area contributed by atoms with Crippen LogP contribution in [-0.4, -0.2) is 18.0 Å². The predicted octanol–water partition coefficient (Wildman–Crippen LogP) is 2.74. The molecule has 3 rings (SSSR count). The minimum atomic E-state index is 0.103. The zero-order chi connectivity index (χ0) is 13.1. The first kappa shape index (κ1) is 12.4. The summed E-state index contributed by atoms with van der Waals surface area (Å²) in [6.45, 7) is 3.06. The summed E-state index contributed by atoms with van der Waals surface area (Å²) in [7, 11) is 0. The molecule has 1 aliphatic heterocycles. The normalized spacial score (nSPS) is 16.9. The fraction of sp³-hybridized carbons (Fsp3) is 0.294. The summed E-state index contributed by atoms with van der Waals surface area (Å²) in [5.41, 5.74) is 10.5. The molecule has 1 aliphatic rings. The van der Waals surface area contributed by atoms with E-state index < -0.39 is 0 Å². The maximum absolute atomic E-state index is 6.30. The minimum Gasteiger partial charge on any atom is -0.323 e. The molecule has 2 N–H and O–H groups in total. The zero-order valence-corrected chi connectivity index (χ0v) is 11.1. The van der Waals surface area contributed by atoms with E-state index in [0.717, 1.165) is 26.1 Å². The van der Waals surface area contributed by atoms with Crippen molar-refractivity contribution in [3.63, 3.8) is 0 Å². The predicted molar refractivity (Wildman–Crippen MR) is 78.8 cm³/mol. The molecule has 0 aliphatic carbocycles. The van der Waals surface area contributed by atoms with E-state index in [1.54, 1.807) is 0 Å². The number of nitrogens with zero attached hydrogens (tertiary/aromatic N) is 1. The van der Waals surface area contributed by atoms with Gasteiger partial charge in [0.1, 0.15) is 0 Å². The second-order valence-electron chi connectivity index (χ2n) is 5.27. The molecule has 0 unspecified atom stereocenters. The second-order valence-corrected chi connectivity index (χ2v) is 5.27. The largest absolute Gasteiger partial charge is 0.323 e. The van der Waals surface area contributed by atoms with Gasteiger partial charge in [0.2, 0.25) is 0 Å². The van der Waals surface area contributed by atoms with E-state index in [9.17, 15) is 0 Å². The molecule has 1 heterocycles. The molecule has 0 amide bonds. The SMILES string of the molecule is N[C@H](CN1CCc2ccccc2C1)c1ccccc1. The topological polar surface area (TPSA) is 29.3 Å². The Morgan fingerprint density at radius 1 is 0.947 bits per heavy atom. The van der Waals surface area contributed by atoms with Crippen LogP contribution in [0.15, 0.2) is 54.6 Å². The van der Waals surface area contributed by atoms with Crippen molar-refractivity contribution in [2.24, 2.45) is 5.73 Å². The number of hydrogen-bond acceptors (Lipinski definition) is 2. The molecule has 0 aromatic heterocycles. The van der Waals surface area contributed by atoms with E-state index in [4.69, 9.17) is 5.73 Å². The Hall–Kier alpha value is -1.64. The highest BCUT2D eigenvalue weighted by atomic mass is 15.1. The van der Waals surface area contributed by atoms with Crippen LogP contribution in [0.4, 0.5) is 0 Å². The van der Waals surface area contributed by atoms with E-state index >= 15 is 0 Å². The molecule has 2 heteroatoms. The van der Waals surface area contributed by atoms with Gasteiger partial charge in [-0.1, -0.05) is 54.6 Å². The molecule has 0 saturated carbocycles. The summed E-state index contributed by atoms with van der Waals surface area (Å²) >= 11 is 0. The van der Waals surface area contributed by atoms with Crippen molar-refractivity contribution in [1.82, 2.24) is 4.90 Å². The van der Waals surface area contributed by atoms with E-state index in [-0.39, 0.29) is 6.04 Å². The number of fused-ring (bicyclic) bond motifs is 1. The highest BCUT2D eigenvalue weighted by molar-refractivity contribution is 5.29. The summed E-state index contributed by atoms with van der Waals surface area (Å²) < 4.78 is 0. The van der Waals surface area contributed by atoms with Crippen molar-refractivity contribution in [2.75, 3.05) is 13.1 Å². The third kappa shape index (κ3) is 2.86. The fourth-order valence-electron chi connectivity index (χ4n) is 2.79. The Morgan fingerprint density at radius 3 is 2.42 bits per heavy atom. The Balaban J connectivity index is 1.66. The third-order valence-electron chi connectivity index (χ3n) is 3.89. The highest BCUT2D eigenvalue weighted by Crippen LogP contribution is 2.20. The Bertz CT molecular complexity index is 536. The van der Waals surface area contributed by atoms with Crippen LogP contribution < -0.4 is 5.73 Å². The summed E-state index contributed by atoms with van der Waals surface area (Å²) in [4.78, 5) is 2.46. The van der Waals surface area contributed by atoms with Gasteiger partial charge in [0, 0.05) is 25.7 Å². The highest BCUT2D eigenvalue weighted by Gasteiger charge is 2.18. The average molecular weight is 252 g/mol. The lowest BCUT2D eigenvalue weighted by Crippen LogP contribution is -2.36. The second kappa shape index (κ2) is 5.55. The van der Waals surface area contributed by atoms with E-state index in [1.807, 2.05) is 6.07 Å². The molecule has 0 bridgehead atoms. The number of rotatable bonds is 3. The smallest absolute Gasteiger partial charge is 0.0424 e. The summed E-state index contributed by atoms with van der Waals surface area (Å²) in [5.74, 6) is 0. The molecule has 0 radical (unpaired) electrons. The third-order valence-corrected chi connectivity index (χ3v) is 3.89. The van der Waals surface area contributed by atoms with E-state index in [0.29, 0.717) is 0 Å². The average Bonchev–Trinajstić information content (AvgIpc) is 2.48. The first-order chi connectivity index (χ1) is 9.33. The van der Waals surface area contributed by atoms with Crippen LogP contribution in [0.25, 0.3) is 0 Å². The summed E-state index contributed by atoms with van der Waals surface area (Å²) in [6, 6.07) is 19.2. The summed E-state index contributed by atoms with van der Waals surface area (Å²) in [6.07, 6.45) is 1.14. The van der Waals surface area contributed by atoms with Crippen LogP contribution in [0.3, 0.4) is 0 Å². The number of benzene rings is 2. The molecule has 19 heavy (non-hydrogen) atoms. The van der Waals surface area contributed by atoms with Gasteiger partial charge < -0.3 is 5.73 Å². The molecule has 0 fully saturated rings. The van der Waals surface area contributed by atoms with Gasteiger partial charge >= 0.3 is 0 Å². The molecule has 0 saturated heterocycles. The van der Waals surface area contributed by atoms with Gasteiger partial charge in [0.05, 0.1) is 0 Å². The lowest BCUT2D eigenvalue weighted by molar-refractivity contribution is 0.239. The molecule has 98 valence electrons. The van der Waals surface area contributed by atoms with Gasteiger partial charge in [0.15, 0.2) is 0 Å². The van der Waals surface area contributed by atoms with E-state index in [2.05, 4.69) is 53.4 Å².